The number of benzene rings is 2. The van der Waals surface area contributed by atoms with Crippen molar-refractivity contribution in [3.05, 3.63) is 63.7 Å². The molecule has 0 fully saturated rings. The van der Waals surface area contributed by atoms with Gasteiger partial charge in [0.25, 0.3) is 5.69 Å². The minimum Gasteiger partial charge on any atom is -0.495 e. The van der Waals surface area contributed by atoms with Crippen LogP contribution in [0, 0.1) is 10.1 Å². The Morgan fingerprint density at radius 1 is 1.18 bits per heavy atom. The lowest BCUT2D eigenvalue weighted by Gasteiger charge is -2.24. The molecular weight excluding hydrogens is 358 g/mol. The molecule has 0 bridgehead atoms. The Kier molecular flexibility index (Phi) is 7.12. The molecule has 1 atom stereocenters. The summed E-state index contributed by atoms with van der Waals surface area (Å²) in [6, 6.07) is 12.0. The predicted molar refractivity (Wildman–Crippen MR) is 110 cm³/mol. The van der Waals surface area contributed by atoms with Crippen LogP contribution in [0.15, 0.2) is 42.5 Å². The van der Waals surface area contributed by atoms with E-state index in [-0.39, 0.29) is 17.3 Å². The number of nitro groups is 1. The highest BCUT2D eigenvalue weighted by molar-refractivity contribution is 5.96. The van der Waals surface area contributed by atoms with Crippen molar-refractivity contribution < 1.29 is 14.5 Å². The van der Waals surface area contributed by atoms with Gasteiger partial charge in [-0.05, 0) is 37.1 Å². The zero-order chi connectivity index (χ0) is 20.8. The van der Waals surface area contributed by atoms with Gasteiger partial charge >= 0.3 is 0 Å². The number of hydrogen-bond donors (Lipinski definition) is 1. The number of ether oxygens (including phenoxy) is 1. The van der Waals surface area contributed by atoms with Crippen molar-refractivity contribution in [2.45, 2.75) is 39.3 Å². The first-order valence-electron chi connectivity index (χ1n) is 9.15. The van der Waals surface area contributed by atoms with E-state index in [4.69, 9.17) is 4.74 Å². The number of likely N-dealkylation sites (N-methyl/N-ethyl adjacent to an activating group) is 1. The van der Waals surface area contributed by atoms with Gasteiger partial charge < -0.3 is 10.1 Å². The molecule has 0 aliphatic rings. The Labute approximate surface area is 165 Å². The van der Waals surface area contributed by atoms with E-state index in [9.17, 15) is 14.9 Å². The summed E-state index contributed by atoms with van der Waals surface area (Å²) in [7, 11) is 3.32. The molecule has 28 heavy (non-hydrogen) atoms. The third kappa shape index (κ3) is 5.29. The van der Waals surface area contributed by atoms with Crippen molar-refractivity contribution in [1.82, 2.24) is 4.90 Å². The Morgan fingerprint density at radius 3 is 2.36 bits per heavy atom. The Bertz CT molecular complexity index is 834. The number of hydrogen-bond acceptors (Lipinski definition) is 5. The van der Waals surface area contributed by atoms with Gasteiger partial charge in [-0.1, -0.05) is 38.1 Å². The summed E-state index contributed by atoms with van der Waals surface area (Å²) < 4.78 is 5.20. The van der Waals surface area contributed by atoms with Crippen molar-refractivity contribution in [2.75, 3.05) is 19.5 Å². The quantitative estimate of drug-likeness (QED) is 0.544. The first-order valence-corrected chi connectivity index (χ1v) is 9.15. The number of amides is 1. The number of nitrogens with one attached hydrogen (secondary N) is 1. The summed E-state index contributed by atoms with van der Waals surface area (Å²) in [4.78, 5) is 25.1. The largest absolute Gasteiger partial charge is 0.495 e. The molecule has 2 aromatic carbocycles. The van der Waals surface area contributed by atoms with Crippen LogP contribution in [0.3, 0.4) is 0 Å². The van der Waals surface area contributed by atoms with Gasteiger partial charge in [0.05, 0.1) is 23.8 Å². The summed E-state index contributed by atoms with van der Waals surface area (Å²) in [6.07, 6.45) is 0. The SMILES string of the molecule is COc1ccc([N+](=O)[O-])cc1NC(=O)[C@@H](C)N(C)Cc1ccc(C(C)C)cc1. The predicted octanol–water partition coefficient (Wildman–Crippen LogP) is 4.19. The van der Waals surface area contributed by atoms with Crippen LogP contribution in [0.2, 0.25) is 0 Å². The summed E-state index contributed by atoms with van der Waals surface area (Å²) >= 11 is 0. The highest BCUT2D eigenvalue weighted by Gasteiger charge is 2.21. The second-order valence-corrected chi connectivity index (χ2v) is 7.12. The normalized spacial score (nSPS) is 12.1. The van der Waals surface area contributed by atoms with Gasteiger partial charge in [-0.2, -0.15) is 0 Å². The molecule has 150 valence electrons. The lowest BCUT2D eigenvalue weighted by molar-refractivity contribution is -0.384. The summed E-state index contributed by atoms with van der Waals surface area (Å²) in [5, 5.41) is 13.7. The van der Waals surface area contributed by atoms with E-state index in [0.29, 0.717) is 18.2 Å². The van der Waals surface area contributed by atoms with Gasteiger partial charge in [-0.15, -0.1) is 0 Å². The molecular formula is C21H27N3O4. The number of methoxy groups -OCH3 is 1. The van der Waals surface area contributed by atoms with Crippen LogP contribution in [-0.4, -0.2) is 35.9 Å². The van der Waals surface area contributed by atoms with Gasteiger partial charge in [0, 0.05) is 18.7 Å². The van der Waals surface area contributed by atoms with Crippen LogP contribution >= 0.6 is 0 Å². The number of rotatable bonds is 8. The third-order valence-corrected chi connectivity index (χ3v) is 4.77. The topological polar surface area (TPSA) is 84.7 Å². The van der Waals surface area contributed by atoms with E-state index in [1.54, 1.807) is 6.92 Å². The van der Waals surface area contributed by atoms with E-state index in [1.165, 1.54) is 30.9 Å². The van der Waals surface area contributed by atoms with Gasteiger partial charge in [0.15, 0.2) is 0 Å². The fourth-order valence-electron chi connectivity index (χ4n) is 2.78. The number of carbonyl (C=O) groups is 1. The number of carbonyl (C=O) groups excluding carboxylic acids is 1. The Morgan fingerprint density at radius 2 is 1.82 bits per heavy atom. The minimum atomic E-state index is -0.508. The molecule has 2 aromatic rings. The van der Waals surface area contributed by atoms with Crippen LogP contribution < -0.4 is 10.1 Å². The first kappa shape index (κ1) is 21.4. The number of nitrogens with zero attached hydrogens (tertiary/aromatic N) is 2. The maximum absolute atomic E-state index is 12.7. The molecule has 2 rings (SSSR count). The monoisotopic (exact) mass is 385 g/mol. The molecule has 0 spiro atoms. The maximum atomic E-state index is 12.7. The first-order chi connectivity index (χ1) is 13.2. The summed E-state index contributed by atoms with van der Waals surface area (Å²) in [5.74, 6) is 0.583. The molecule has 0 heterocycles. The molecule has 1 amide bonds. The Balaban J connectivity index is 2.07. The lowest BCUT2D eigenvalue weighted by atomic mass is 10.0. The highest BCUT2D eigenvalue weighted by Crippen LogP contribution is 2.29. The second-order valence-electron chi connectivity index (χ2n) is 7.12. The van der Waals surface area contributed by atoms with Crippen molar-refractivity contribution in [3.8, 4) is 5.75 Å². The number of anilines is 1. The van der Waals surface area contributed by atoms with Crippen molar-refractivity contribution in [1.29, 1.82) is 0 Å². The summed E-state index contributed by atoms with van der Waals surface area (Å²) in [6.45, 7) is 6.70. The van der Waals surface area contributed by atoms with Crippen LogP contribution in [0.5, 0.6) is 5.75 Å². The molecule has 0 saturated heterocycles. The fraction of sp³-hybridized carbons (Fsp3) is 0.381. The van der Waals surface area contributed by atoms with Crippen LogP contribution in [0.1, 0.15) is 37.8 Å². The average molecular weight is 385 g/mol. The van der Waals surface area contributed by atoms with Gasteiger partial charge in [0.1, 0.15) is 5.75 Å². The van der Waals surface area contributed by atoms with E-state index >= 15 is 0 Å². The van der Waals surface area contributed by atoms with E-state index in [1.807, 2.05) is 11.9 Å². The molecule has 0 aliphatic carbocycles. The second kappa shape index (κ2) is 9.32. The van der Waals surface area contributed by atoms with E-state index < -0.39 is 11.0 Å². The smallest absolute Gasteiger partial charge is 0.271 e. The zero-order valence-corrected chi connectivity index (χ0v) is 16.9. The molecule has 0 aromatic heterocycles. The molecule has 0 aliphatic heterocycles. The molecule has 7 heteroatoms. The van der Waals surface area contributed by atoms with Crippen LogP contribution in [0.4, 0.5) is 11.4 Å². The lowest BCUT2D eigenvalue weighted by Crippen LogP contribution is -2.39. The molecule has 7 nitrogen and oxygen atoms in total. The molecule has 0 radical (unpaired) electrons. The summed E-state index contributed by atoms with van der Waals surface area (Å²) in [5.41, 5.74) is 2.56. The average Bonchev–Trinajstić information content (AvgIpc) is 2.67. The third-order valence-electron chi connectivity index (χ3n) is 4.77. The number of nitro benzene ring substituents is 1. The highest BCUT2D eigenvalue weighted by atomic mass is 16.6. The fourth-order valence-corrected chi connectivity index (χ4v) is 2.78. The van der Waals surface area contributed by atoms with Gasteiger partial charge in [0.2, 0.25) is 5.91 Å². The minimum absolute atomic E-state index is 0.109. The van der Waals surface area contributed by atoms with E-state index in [2.05, 4.69) is 43.4 Å². The van der Waals surface area contributed by atoms with Gasteiger partial charge in [-0.25, -0.2) is 0 Å². The molecule has 0 saturated carbocycles. The maximum Gasteiger partial charge on any atom is 0.271 e. The zero-order valence-electron chi connectivity index (χ0n) is 16.9. The molecule has 1 N–H and O–H groups in total. The van der Waals surface area contributed by atoms with Crippen LogP contribution in [-0.2, 0) is 11.3 Å². The van der Waals surface area contributed by atoms with Crippen molar-refractivity contribution in [3.63, 3.8) is 0 Å². The van der Waals surface area contributed by atoms with Crippen molar-refractivity contribution >= 4 is 17.3 Å². The molecule has 0 unspecified atom stereocenters. The van der Waals surface area contributed by atoms with Crippen LogP contribution in [0.25, 0.3) is 0 Å². The van der Waals surface area contributed by atoms with Gasteiger partial charge in [-0.3, -0.25) is 19.8 Å². The standard InChI is InChI=1S/C21H27N3O4/c1-14(2)17-8-6-16(7-9-17)13-23(4)15(3)21(25)22-19-12-18(24(26)27)10-11-20(19)28-5/h6-12,14-15H,13H2,1-5H3,(H,22,25)/t15-/m1/s1. The Hall–Kier alpha value is -2.93. The van der Waals surface area contributed by atoms with E-state index in [0.717, 1.165) is 5.56 Å². The number of non-ortho nitro benzene ring substituents is 1. The van der Waals surface area contributed by atoms with Crippen molar-refractivity contribution in [2.24, 2.45) is 0 Å².